The molecule has 0 spiro atoms. The molecular formula is C13H28N2. The Hall–Kier alpha value is -0.0800. The Morgan fingerprint density at radius 2 is 1.87 bits per heavy atom. The Labute approximate surface area is 95.4 Å². The van der Waals surface area contributed by atoms with Crippen LogP contribution in [-0.4, -0.2) is 36.6 Å². The maximum Gasteiger partial charge on any atom is 0.00697 e. The fourth-order valence-corrected chi connectivity index (χ4v) is 2.64. The fourth-order valence-electron chi connectivity index (χ4n) is 2.64. The second-order valence-electron chi connectivity index (χ2n) is 5.20. The summed E-state index contributed by atoms with van der Waals surface area (Å²) in [5, 5.41) is 3.31. The molecule has 1 aliphatic heterocycles. The average molecular weight is 212 g/mol. The van der Waals surface area contributed by atoms with E-state index in [0.29, 0.717) is 6.04 Å². The molecule has 1 unspecified atom stereocenters. The average Bonchev–Trinajstić information content (AvgIpc) is 2.22. The minimum absolute atomic E-state index is 0.667. The summed E-state index contributed by atoms with van der Waals surface area (Å²) < 4.78 is 0. The van der Waals surface area contributed by atoms with Crippen LogP contribution in [0.1, 0.15) is 52.9 Å². The van der Waals surface area contributed by atoms with Crippen molar-refractivity contribution in [2.75, 3.05) is 13.6 Å². The van der Waals surface area contributed by atoms with Crippen molar-refractivity contribution in [1.29, 1.82) is 0 Å². The second-order valence-corrected chi connectivity index (χ2v) is 5.20. The predicted octanol–water partition coefficient (Wildman–Crippen LogP) is 2.64. The molecule has 0 amide bonds. The highest BCUT2D eigenvalue weighted by molar-refractivity contribution is 4.79. The van der Waals surface area contributed by atoms with E-state index in [4.69, 9.17) is 0 Å². The van der Waals surface area contributed by atoms with Gasteiger partial charge in [-0.25, -0.2) is 0 Å². The fraction of sp³-hybridized carbons (Fsp3) is 1.00. The summed E-state index contributed by atoms with van der Waals surface area (Å²) in [5.74, 6) is 0. The van der Waals surface area contributed by atoms with Gasteiger partial charge in [0.05, 0.1) is 0 Å². The molecule has 0 aromatic heterocycles. The molecule has 0 aliphatic carbocycles. The lowest BCUT2D eigenvalue weighted by Gasteiger charge is -2.39. The predicted molar refractivity (Wildman–Crippen MR) is 67.2 cm³/mol. The minimum atomic E-state index is 0.667. The van der Waals surface area contributed by atoms with Gasteiger partial charge in [-0.05, 0) is 60.0 Å². The summed E-state index contributed by atoms with van der Waals surface area (Å²) in [6.07, 6.45) is 6.84. The molecule has 1 fully saturated rings. The third-order valence-electron chi connectivity index (χ3n) is 3.92. The molecule has 3 atom stereocenters. The number of likely N-dealkylation sites (tertiary alicyclic amines) is 1. The topological polar surface area (TPSA) is 15.3 Å². The Balaban J connectivity index is 2.23. The van der Waals surface area contributed by atoms with Crippen LogP contribution in [0.2, 0.25) is 0 Å². The summed E-state index contributed by atoms with van der Waals surface area (Å²) in [4.78, 5) is 2.70. The first-order chi connectivity index (χ1) is 7.15. The van der Waals surface area contributed by atoms with Gasteiger partial charge >= 0.3 is 0 Å². The van der Waals surface area contributed by atoms with Gasteiger partial charge in [0, 0.05) is 18.1 Å². The maximum atomic E-state index is 3.31. The zero-order chi connectivity index (χ0) is 11.3. The first-order valence-electron chi connectivity index (χ1n) is 6.58. The van der Waals surface area contributed by atoms with Crippen molar-refractivity contribution in [3.8, 4) is 0 Å². The van der Waals surface area contributed by atoms with Gasteiger partial charge in [0.1, 0.15) is 0 Å². The highest BCUT2D eigenvalue weighted by Gasteiger charge is 2.23. The highest BCUT2D eigenvalue weighted by Crippen LogP contribution is 2.22. The van der Waals surface area contributed by atoms with Crippen LogP contribution >= 0.6 is 0 Å². The summed E-state index contributed by atoms with van der Waals surface area (Å²) in [7, 11) is 2.05. The van der Waals surface area contributed by atoms with Crippen molar-refractivity contribution in [2.45, 2.75) is 71.0 Å². The van der Waals surface area contributed by atoms with Crippen LogP contribution in [0.3, 0.4) is 0 Å². The van der Waals surface area contributed by atoms with E-state index in [-0.39, 0.29) is 0 Å². The van der Waals surface area contributed by atoms with Gasteiger partial charge in [-0.3, -0.25) is 4.90 Å². The Morgan fingerprint density at radius 3 is 2.40 bits per heavy atom. The lowest BCUT2D eigenvalue weighted by Crippen LogP contribution is -2.44. The molecule has 2 nitrogen and oxygen atoms in total. The van der Waals surface area contributed by atoms with Crippen LogP contribution in [0.15, 0.2) is 0 Å². The third-order valence-corrected chi connectivity index (χ3v) is 3.92. The van der Waals surface area contributed by atoms with E-state index in [2.05, 4.69) is 38.0 Å². The maximum absolute atomic E-state index is 3.31. The molecule has 1 saturated heterocycles. The van der Waals surface area contributed by atoms with Crippen molar-refractivity contribution >= 4 is 0 Å². The first-order valence-corrected chi connectivity index (χ1v) is 6.58. The lowest BCUT2D eigenvalue weighted by molar-refractivity contribution is 0.101. The van der Waals surface area contributed by atoms with E-state index in [1.54, 1.807) is 0 Å². The molecule has 0 aromatic carbocycles. The lowest BCUT2D eigenvalue weighted by atomic mass is 9.97. The molecule has 1 rings (SSSR count). The Bertz CT molecular complexity index is 160. The standard InChI is InChI=1S/C13H28N2/c1-11(14-4)7-6-10-15-12(2)8-5-9-13(15)3/h11-14H,5-10H2,1-4H3/t11?,12-,13+. The quantitative estimate of drug-likeness (QED) is 0.753. The van der Waals surface area contributed by atoms with Gasteiger partial charge in [0.15, 0.2) is 0 Å². The Kier molecular flexibility index (Phi) is 5.62. The van der Waals surface area contributed by atoms with Gasteiger partial charge in [0.25, 0.3) is 0 Å². The van der Waals surface area contributed by atoms with Crippen LogP contribution < -0.4 is 5.32 Å². The van der Waals surface area contributed by atoms with Crippen LogP contribution in [0, 0.1) is 0 Å². The largest absolute Gasteiger partial charge is 0.317 e. The third kappa shape index (κ3) is 4.12. The monoisotopic (exact) mass is 212 g/mol. The molecule has 0 saturated carbocycles. The van der Waals surface area contributed by atoms with Gasteiger partial charge < -0.3 is 5.32 Å². The molecule has 0 bridgehead atoms. The van der Waals surface area contributed by atoms with Crippen molar-refractivity contribution in [3.05, 3.63) is 0 Å². The van der Waals surface area contributed by atoms with Crippen LogP contribution in [0.5, 0.6) is 0 Å². The molecular weight excluding hydrogens is 184 g/mol. The summed E-state index contributed by atoms with van der Waals surface area (Å²) in [5.41, 5.74) is 0. The van der Waals surface area contributed by atoms with E-state index < -0.39 is 0 Å². The van der Waals surface area contributed by atoms with Crippen LogP contribution in [0.4, 0.5) is 0 Å². The number of nitrogens with zero attached hydrogens (tertiary/aromatic N) is 1. The number of rotatable bonds is 5. The molecule has 90 valence electrons. The van der Waals surface area contributed by atoms with Gasteiger partial charge in [0.2, 0.25) is 0 Å². The molecule has 2 heteroatoms. The zero-order valence-electron chi connectivity index (χ0n) is 10.9. The summed E-state index contributed by atoms with van der Waals surface area (Å²) in [6, 6.07) is 2.28. The number of nitrogens with one attached hydrogen (secondary N) is 1. The molecule has 0 radical (unpaired) electrons. The van der Waals surface area contributed by atoms with Crippen molar-refractivity contribution in [1.82, 2.24) is 10.2 Å². The summed E-state index contributed by atoms with van der Waals surface area (Å²) >= 11 is 0. The smallest absolute Gasteiger partial charge is 0.00697 e. The zero-order valence-corrected chi connectivity index (χ0v) is 10.9. The van der Waals surface area contributed by atoms with Crippen LogP contribution in [-0.2, 0) is 0 Å². The van der Waals surface area contributed by atoms with E-state index in [9.17, 15) is 0 Å². The van der Waals surface area contributed by atoms with Crippen molar-refractivity contribution < 1.29 is 0 Å². The Morgan fingerprint density at radius 1 is 1.27 bits per heavy atom. The molecule has 0 aromatic rings. The van der Waals surface area contributed by atoms with E-state index >= 15 is 0 Å². The molecule has 15 heavy (non-hydrogen) atoms. The van der Waals surface area contributed by atoms with Crippen molar-refractivity contribution in [2.24, 2.45) is 0 Å². The number of hydrogen-bond acceptors (Lipinski definition) is 2. The van der Waals surface area contributed by atoms with Crippen LogP contribution in [0.25, 0.3) is 0 Å². The van der Waals surface area contributed by atoms with Crippen molar-refractivity contribution in [3.63, 3.8) is 0 Å². The number of hydrogen-bond donors (Lipinski definition) is 1. The SMILES string of the molecule is CNC(C)CCCN1[C@H](C)CCC[C@@H]1C. The second kappa shape index (κ2) is 6.49. The van der Waals surface area contributed by atoms with Gasteiger partial charge in [-0.2, -0.15) is 0 Å². The highest BCUT2D eigenvalue weighted by atomic mass is 15.2. The molecule has 1 N–H and O–H groups in total. The number of piperidine rings is 1. The van der Waals surface area contributed by atoms with E-state index in [0.717, 1.165) is 12.1 Å². The first kappa shape index (κ1) is 13.0. The minimum Gasteiger partial charge on any atom is -0.317 e. The normalized spacial score (nSPS) is 30.4. The van der Waals surface area contributed by atoms with Gasteiger partial charge in [-0.1, -0.05) is 6.42 Å². The summed E-state index contributed by atoms with van der Waals surface area (Å²) in [6.45, 7) is 8.33. The van der Waals surface area contributed by atoms with E-state index in [1.807, 2.05) is 0 Å². The van der Waals surface area contributed by atoms with Gasteiger partial charge in [-0.15, -0.1) is 0 Å². The molecule has 1 heterocycles. The van der Waals surface area contributed by atoms with E-state index in [1.165, 1.54) is 38.6 Å². The molecule has 1 aliphatic rings.